The van der Waals surface area contributed by atoms with E-state index in [0.29, 0.717) is 6.54 Å². The van der Waals surface area contributed by atoms with Gasteiger partial charge >= 0.3 is 0 Å². The van der Waals surface area contributed by atoms with Crippen LogP contribution >= 0.6 is 0 Å². The Labute approximate surface area is 99.7 Å². The maximum absolute atomic E-state index is 11.7. The number of carbonyl (C=O) groups excluding carboxylic acids is 1. The quantitative estimate of drug-likeness (QED) is 0.776. The van der Waals surface area contributed by atoms with E-state index in [4.69, 9.17) is 7.85 Å². The molecule has 84 valence electrons. The van der Waals surface area contributed by atoms with E-state index in [9.17, 15) is 9.59 Å². The van der Waals surface area contributed by atoms with E-state index in [1.807, 2.05) is 25.1 Å². The van der Waals surface area contributed by atoms with Crippen molar-refractivity contribution >= 4 is 19.2 Å². The van der Waals surface area contributed by atoms with E-state index >= 15 is 0 Å². The normalized spacial score (nSPS) is 10.4. The summed E-state index contributed by atoms with van der Waals surface area (Å²) in [4.78, 5) is 22.3. The number of aromatic nitrogens is 1. The molecule has 4 nitrogen and oxygen atoms in total. The van der Waals surface area contributed by atoms with Crippen LogP contribution in [0.15, 0.2) is 35.3 Å². The minimum atomic E-state index is -0.582. The lowest BCUT2D eigenvalue weighted by atomic mass is 10.1. The van der Waals surface area contributed by atoms with E-state index < -0.39 is 5.81 Å². The molecule has 0 atom stereocenters. The summed E-state index contributed by atoms with van der Waals surface area (Å²) in [5.74, 6) is -0.582. The number of nitrogens with one attached hydrogen (secondary N) is 1. The molecule has 0 spiro atoms. The molecule has 2 rings (SSSR count). The molecule has 0 unspecified atom stereocenters. The first-order valence-electron chi connectivity index (χ1n) is 5.21. The molecule has 1 N–H and O–H groups in total. The molecular weight excluding hydrogens is 215 g/mol. The predicted molar refractivity (Wildman–Crippen MR) is 66.4 cm³/mol. The lowest BCUT2D eigenvalue weighted by Gasteiger charge is -2.06. The van der Waals surface area contributed by atoms with Crippen molar-refractivity contribution in [1.29, 1.82) is 0 Å². The second-order valence-electron chi connectivity index (χ2n) is 3.92. The number of pyridine rings is 2. The van der Waals surface area contributed by atoms with Crippen molar-refractivity contribution in [3.63, 3.8) is 0 Å². The third kappa shape index (κ3) is 2.56. The monoisotopic (exact) mass is 226 g/mol. The van der Waals surface area contributed by atoms with Gasteiger partial charge in [0.25, 0.3) is 5.56 Å². The highest BCUT2D eigenvalue weighted by atomic mass is 16.1. The van der Waals surface area contributed by atoms with Gasteiger partial charge < -0.3 is 5.32 Å². The van der Waals surface area contributed by atoms with Gasteiger partial charge in [-0.15, -0.1) is 0 Å². The van der Waals surface area contributed by atoms with Gasteiger partial charge in [0.05, 0.1) is 0 Å². The van der Waals surface area contributed by atoms with Gasteiger partial charge in [-0.3, -0.25) is 14.0 Å². The largest absolute Gasteiger partial charge is 0.362 e. The van der Waals surface area contributed by atoms with E-state index in [1.165, 1.54) is 0 Å². The average molecular weight is 226 g/mol. The second-order valence-corrected chi connectivity index (χ2v) is 3.92. The third-order valence-corrected chi connectivity index (χ3v) is 2.47. The highest BCUT2D eigenvalue weighted by Gasteiger charge is 2.00. The van der Waals surface area contributed by atoms with E-state index in [0.717, 1.165) is 16.6 Å². The molecule has 1 amide bonds. The Morgan fingerprint density at radius 3 is 2.88 bits per heavy atom. The molecule has 0 bridgehead atoms. The molecule has 0 aliphatic heterocycles. The summed E-state index contributed by atoms with van der Waals surface area (Å²) in [7, 11) is 4.98. The highest BCUT2D eigenvalue weighted by Crippen LogP contribution is 2.06. The van der Waals surface area contributed by atoms with Crippen molar-refractivity contribution in [2.75, 3.05) is 0 Å². The highest BCUT2D eigenvalue weighted by molar-refractivity contribution is 6.57. The molecule has 0 saturated carbocycles. The van der Waals surface area contributed by atoms with Crippen LogP contribution in [0.3, 0.4) is 0 Å². The van der Waals surface area contributed by atoms with Gasteiger partial charge in [0.2, 0.25) is 7.85 Å². The van der Waals surface area contributed by atoms with Gasteiger partial charge in [0.1, 0.15) is 0 Å². The smallest absolute Gasteiger partial charge is 0.255 e. The van der Waals surface area contributed by atoms with Gasteiger partial charge in [-0.05, 0) is 30.2 Å². The van der Waals surface area contributed by atoms with Crippen LogP contribution < -0.4 is 10.9 Å². The summed E-state index contributed by atoms with van der Waals surface area (Å²) < 4.78 is 1.55. The van der Waals surface area contributed by atoms with Crippen LogP contribution in [0, 0.1) is 6.92 Å². The SMILES string of the molecule is [B]C(=O)NCc1ccc2cc(C)cc(=O)n2c1. The van der Waals surface area contributed by atoms with Crippen molar-refractivity contribution in [2.45, 2.75) is 13.5 Å². The maximum atomic E-state index is 11.7. The van der Waals surface area contributed by atoms with Gasteiger partial charge in [-0.2, -0.15) is 0 Å². The first-order valence-corrected chi connectivity index (χ1v) is 5.21. The first-order chi connectivity index (χ1) is 8.06. The number of hydrogen-bond donors (Lipinski definition) is 1. The summed E-state index contributed by atoms with van der Waals surface area (Å²) in [6.07, 6.45) is 1.70. The Bertz CT molecular complexity index is 634. The molecule has 2 radical (unpaired) electrons. The average Bonchev–Trinajstić information content (AvgIpc) is 2.26. The summed E-state index contributed by atoms with van der Waals surface area (Å²) in [6, 6.07) is 7.18. The fourth-order valence-electron chi connectivity index (χ4n) is 1.70. The molecule has 0 aromatic carbocycles. The predicted octanol–water partition coefficient (Wildman–Crippen LogP) is 0.986. The number of aryl methyl sites for hydroxylation is 1. The Hall–Kier alpha value is -2.04. The van der Waals surface area contributed by atoms with Gasteiger partial charge in [0.15, 0.2) is 5.81 Å². The van der Waals surface area contributed by atoms with Crippen molar-refractivity contribution in [2.24, 2.45) is 0 Å². The topological polar surface area (TPSA) is 50.6 Å². The van der Waals surface area contributed by atoms with Crippen LogP contribution in [0.5, 0.6) is 0 Å². The number of rotatable bonds is 2. The molecule has 0 saturated heterocycles. The van der Waals surface area contributed by atoms with Crippen LogP contribution in [0.1, 0.15) is 11.1 Å². The van der Waals surface area contributed by atoms with Crippen molar-refractivity contribution < 1.29 is 4.79 Å². The minimum absolute atomic E-state index is 0.0825. The Morgan fingerprint density at radius 2 is 2.18 bits per heavy atom. The Balaban J connectivity index is 2.43. The maximum Gasteiger partial charge on any atom is 0.255 e. The molecule has 2 heterocycles. The summed E-state index contributed by atoms with van der Waals surface area (Å²) in [5.41, 5.74) is 2.50. The van der Waals surface area contributed by atoms with Gasteiger partial charge in [0, 0.05) is 24.3 Å². The molecule has 0 aliphatic carbocycles. The molecule has 5 heteroatoms. The molecule has 0 fully saturated rings. The lowest BCUT2D eigenvalue weighted by Crippen LogP contribution is -2.21. The standard InChI is InChI=1S/C12H11BN2O2/c1-8-4-10-3-2-9(6-14-12(13)17)7-15(10)11(16)5-8/h2-5,7H,6H2,1H3,(H,14,17). The molecule has 0 aliphatic rings. The lowest BCUT2D eigenvalue weighted by molar-refractivity contribution is 0.259. The van der Waals surface area contributed by atoms with Crippen LogP contribution in [0.25, 0.3) is 5.52 Å². The van der Waals surface area contributed by atoms with Crippen molar-refractivity contribution in [3.05, 3.63) is 51.9 Å². The molecule has 2 aromatic heterocycles. The van der Waals surface area contributed by atoms with E-state index in [2.05, 4.69) is 5.32 Å². The Morgan fingerprint density at radius 1 is 1.41 bits per heavy atom. The number of fused-ring (bicyclic) bond motifs is 1. The molecular formula is C12H11BN2O2. The van der Waals surface area contributed by atoms with Crippen molar-refractivity contribution in [3.8, 4) is 0 Å². The second kappa shape index (κ2) is 4.45. The third-order valence-electron chi connectivity index (χ3n) is 2.47. The summed E-state index contributed by atoms with van der Waals surface area (Å²) in [6.45, 7) is 2.19. The van der Waals surface area contributed by atoms with E-state index in [-0.39, 0.29) is 5.56 Å². The van der Waals surface area contributed by atoms with Crippen LogP contribution in [-0.2, 0) is 6.54 Å². The van der Waals surface area contributed by atoms with Crippen molar-refractivity contribution in [1.82, 2.24) is 9.72 Å². The first kappa shape index (κ1) is 11.5. The molecule has 17 heavy (non-hydrogen) atoms. The van der Waals surface area contributed by atoms with Crippen LogP contribution in [-0.4, -0.2) is 18.1 Å². The van der Waals surface area contributed by atoms with Crippen LogP contribution in [0.4, 0.5) is 4.79 Å². The van der Waals surface area contributed by atoms with Gasteiger partial charge in [-0.25, -0.2) is 0 Å². The van der Waals surface area contributed by atoms with E-state index in [1.54, 1.807) is 16.7 Å². The summed E-state index contributed by atoms with van der Waals surface area (Å²) in [5, 5.41) is 2.48. The zero-order chi connectivity index (χ0) is 12.4. The van der Waals surface area contributed by atoms with Gasteiger partial charge in [-0.1, -0.05) is 6.07 Å². The fraction of sp³-hybridized carbons (Fsp3) is 0.167. The Kier molecular flexibility index (Phi) is 3.00. The summed E-state index contributed by atoms with van der Waals surface area (Å²) >= 11 is 0. The number of hydrogen-bond acceptors (Lipinski definition) is 2. The zero-order valence-corrected chi connectivity index (χ0v) is 9.43. The minimum Gasteiger partial charge on any atom is -0.362 e. The zero-order valence-electron chi connectivity index (χ0n) is 9.43. The fourth-order valence-corrected chi connectivity index (χ4v) is 1.70. The number of nitrogens with zero attached hydrogens (tertiary/aromatic N) is 1. The number of amides is 1. The molecule has 2 aromatic rings. The van der Waals surface area contributed by atoms with Crippen LogP contribution in [0.2, 0.25) is 0 Å². The number of carbonyl (C=O) groups is 1.